The first-order valence-corrected chi connectivity index (χ1v) is 6.94. The highest BCUT2D eigenvalue weighted by Crippen LogP contribution is 2.23. The molecule has 0 aromatic heterocycles. The van der Waals surface area contributed by atoms with Crippen LogP contribution in [-0.2, 0) is 9.53 Å². The van der Waals surface area contributed by atoms with E-state index in [1.165, 1.54) is 7.11 Å². The Labute approximate surface area is 133 Å². The third-order valence-corrected chi connectivity index (χ3v) is 3.21. The topological polar surface area (TPSA) is 67.4 Å². The molecule has 0 fully saturated rings. The van der Waals surface area contributed by atoms with Crippen molar-refractivity contribution in [3.8, 4) is 0 Å². The van der Waals surface area contributed by atoms with E-state index in [2.05, 4.69) is 15.4 Å². The number of rotatable bonds is 5. The van der Waals surface area contributed by atoms with Crippen LogP contribution in [0.4, 0.5) is 11.4 Å². The molecule has 1 amide bonds. The van der Waals surface area contributed by atoms with Crippen LogP contribution in [0.2, 0.25) is 5.02 Å². The van der Waals surface area contributed by atoms with Crippen LogP contribution in [0.15, 0.2) is 48.5 Å². The second-order valence-corrected chi connectivity index (χ2v) is 4.86. The number of hydrogen-bond acceptors (Lipinski definition) is 4. The SMILES string of the molecule is COC(=O)c1ccc(Cl)c(NCC(=O)Nc2ccccc2)c1. The van der Waals surface area contributed by atoms with Crippen LogP contribution in [-0.4, -0.2) is 25.5 Å². The maximum Gasteiger partial charge on any atom is 0.337 e. The van der Waals surface area contributed by atoms with Crippen LogP contribution in [0.5, 0.6) is 0 Å². The van der Waals surface area contributed by atoms with E-state index in [9.17, 15) is 9.59 Å². The molecular weight excluding hydrogens is 304 g/mol. The number of esters is 1. The van der Waals surface area contributed by atoms with Crippen molar-refractivity contribution in [2.24, 2.45) is 0 Å². The molecule has 0 aliphatic rings. The molecule has 6 heteroatoms. The first-order chi connectivity index (χ1) is 10.6. The molecule has 0 aliphatic carbocycles. The van der Waals surface area contributed by atoms with Crippen molar-refractivity contribution in [3.05, 3.63) is 59.1 Å². The van der Waals surface area contributed by atoms with Gasteiger partial charge in [-0.1, -0.05) is 29.8 Å². The average molecular weight is 319 g/mol. The summed E-state index contributed by atoms with van der Waals surface area (Å²) in [6.45, 7) is 0.0270. The zero-order valence-electron chi connectivity index (χ0n) is 11.9. The third-order valence-electron chi connectivity index (χ3n) is 2.88. The quantitative estimate of drug-likeness (QED) is 0.831. The number of amides is 1. The van der Waals surface area contributed by atoms with E-state index >= 15 is 0 Å². The van der Waals surface area contributed by atoms with Crippen molar-refractivity contribution in [1.82, 2.24) is 0 Å². The molecule has 2 N–H and O–H groups in total. The van der Waals surface area contributed by atoms with Crippen LogP contribution in [0.25, 0.3) is 0 Å². The summed E-state index contributed by atoms with van der Waals surface area (Å²) in [5.74, 6) is -0.681. The van der Waals surface area contributed by atoms with Crippen LogP contribution in [0.1, 0.15) is 10.4 Å². The summed E-state index contributed by atoms with van der Waals surface area (Å²) in [4.78, 5) is 23.3. The third kappa shape index (κ3) is 4.23. The number of ether oxygens (including phenoxy) is 1. The van der Waals surface area contributed by atoms with Gasteiger partial charge >= 0.3 is 5.97 Å². The van der Waals surface area contributed by atoms with Gasteiger partial charge in [-0.15, -0.1) is 0 Å². The second-order valence-electron chi connectivity index (χ2n) is 4.45. The van der Waals surface area contributed by atoms with Crippen molar-refractivity contribution in [3.63, 3.8) is 0 Å². The van der Waals surface area contributed by atoms with E-state index in [1.807, 2.05) is 18.2 Å². The van der Waals surface area contributed by atoms with Crippen molar-refractivity contribution < 1.29 is 14.3 Å². The number of carbonyl (C=O) groups excluding carboxylic acids is 2. The fourth-order valence-corrected chi connectivity index (χ4v) is 1.99. The van der Waals surface area contributed by atoms with E-state index in [4.69, 9.17) is 11.6 Å². The largest absolute Gasteiger partial charge is 0.465 e. The number of hydrogen-bond donors (Lipinski definition) is 2. The molecule has 0 atom stereocenters. The van der Waals surface area contributed by atoms with Gasteiger partial charge in [0, 0.05) is 5.69 Å². The predicted molar refractivity (Wildman–Crippen MR) is 86.4 cm³/mol. The van der Waals surface area contributed by atoms with Crippen molar-refractivity contribution in [1.29, 1.82) is 0 Å². The van der Waals surface area contributed by atoms with E-state index in [0.717, 1.165) is 0 Å². The zero-order valence-corrected chi connectivity index (χ0v) is 12.7. The summed E-state index contributed by atoms with van der Waals surface area (Å²) >= 11 is 6.04. The van der Waals surface area contributed by atoms with Gasteiger partial charge in [0.15, 0.2) is 0 Å². The molecule has 0 heterocycles. The number of para-hydroxylation sites is 1. The number of nitrogens with one attached hydrogen (secondary N) is 2. The molecule has 2 aromatic rings. The molecule has 0 bridgehead atoms. The van der Waals surface area contributed by atoms with E-state index in [0.29, 0.717) is 22.0 Å². The molecule has 114 valence electrons. The highest BCUT2D eigenvalue weighted by Gasteiger charge is 2.10. The molecule has 0 saturated carbocycles. The fourth-order valence-electron chi connectivity index (χ4n) is 1.81. The molecule has 0 aliphatic heterocycles. The lowest BCUT2D eigenvalue weighted by molar-refractivity contribution is -0.114. The number of anilines is 2. The summed E-state index contributed by atoms with van der Waals surface area (Å²) in [5.41, 5.74) is 1.56. The van der Waals surface area contributed by atoms with Crippen LogP contribution in [0, 0.1) is 0 Å². The van der Waals surface area contributed by atoms with E-state index < -0.39 is 5.97 Å². The fraction of sp³-hybridized carbons (Fsp3) is 0.125. The first kappa shape index (κ1) is 15.9. The van der Waals surface area contributed by atoms with Crippen LogP contribution < -0.4 is 10.6 Å². The lowest BCUT2D eigenvalue weighted by atomic mass is 10.2. The Morgan fingerprint density at radius 1 is 1.14 bits per heavy atom. The number of halogens is 1. The van der Waals surface area contributed by atoms with Gasteiger partial charge in [0.05, 0.1) is 29.9 Å². The zero-order chi connectivity index (χ0) is 15.9. The molecule has 0 unspecified atom stereocenters. The Kier molecular flexibility index (Phi) is 5.38. The van der Waals surface area contributed by atoms with Gasteiger partial charge in [-0.3, -0.25) is 4.79 Å². The highest BCUT2D eigenvalue weighted by atomic mass is 35.5. The van der Waals surface area contributed by atoms with Gasteiger partial charge in [0.1, 0.15) is 0 Å². The monoisotopic (exact) mass is 318 g/mol. The average Bonchev–Trinajstić information content (AvgIpc) is 2.54. The van der Waals surface area contributed by atoms with Crippen molar-refractivity contribution in [2.45, 2.75) is 0 Å². The maximum absolute atomic E-state index is 11.9. The van der Waals surface area contributed by atoms with Crippen molar-refractivity contribution >= 4 is 34.9 Å². The lowest BCUT2D eigenvalue weighted by Crippen LogP contribution is -2.22. The summed E-state index contributed by atoms with van der Waals surface area (Å²) in [7, 11) is 1.30. The van der Waals surface area contributed by atoms with E-state index in [-0.39, 0.29) is 12.5 Å². The lowest BCUT2D eigenvalue weighted by Gasteiger charge is -2.10. The van der Waals surface area contributed by atoms with Gasteiger partial charge in [-0.2, -0.15) is 0 Å². The molecule has 0 spiro atoms. The van der Waals surface area contributed by atoms with Gasteiger partial charge in [0.2, 0.25) is 5.91 Å². The standard InChI is InChI=1S/C16H15ClN2O3/c1-22-16(21)11-7-8-13(17)14(9-11)18-10-15(20)19-12-5-3-2-4-6-12/h2-9,18H,10H2,1H3,(H,19,20). The maximum atomic E-state index is 11.9. The molecule has 0 saturated heterocycles. The van der Waals surface area contributed by atoms with E-state index in [1.54, 1.807) is 30.3 Å². The Bertz CT molecular complexity index is 674. The minimum Gasteiger partial charge on any atom is -0.465 e. The molecule has 5 nitrogen and oxygen atoms in total. The summed E-state index contributed by atoms with van der Waals surface area (Å²) in [6.07, 6.45) is 0. The Morgan fingerprint density at radius 3 is 2.55 bits per heavy atom. The predicted octanol–water partition coefficient (Wildman–Crippen LogP) is 3.18. The summed E-state index contributed by atoms with van der Waals surface area (Å²) < 4.78 is 4.65. The van der Waals surface area contributed by atoms with Gasteiger partial charge in [-0.25, -0.2) is 4.79 Å². The van der Waals surface area contributed by atoms with Gasteiger partial charge in [0.25, 0.3) is 0 Å². The summed E-state index contributed by atoms with van der Waals surface area (Å²) in [6, 6.07) is 13.8. The van der Waals surface area contributed by atoms with Gasteiger partial charge < -0.3 is 15.4 Å². The molecule has 2 rings (SSSR count). The Balaban J connectivity index is 1.99. The number of methoxy groups -OCH3 is 1. The minimum atomic E-state index is -0.464. The second kappa shape index (κ2) is 7.47. The van der Waals surface area contributed by atoms with Gasteiger partial charge in [-0.05, 0) is 30.3 Å². The first-order valence-electron chi connectivity index (χ1n) is 6.57. The smallest absolute Gasteiger partial charge is 0.337 e. The molecule has 0 radical (unpaired) electrons. The Hall–Kier alpha value is -2.53. The molecule has 2 aromatic carbocycles. The number of benzene rings is 2. The number of carbonyl (C=O) groups is 2. The molecular formula is C16H15ClN2O3. The Morgan fingerprint density at radius 2 is 1.86 bits per heavy atom. The van der Waals surface area contributed by atoms with Crippen LogP contribution in [0.3, 0.4) is 0 Å². The summed E-state index contributed by atoms with van der Waals surface area (Å²) in [5, 5.41) is 6.06. The normalized spacial score (nSPS) is 9.91. The highest BCUT2D eigenvalue weighted by molar-refractivity contribution is 6.33. The minimum absolute atomic E-state index is 0.0270. The molecule has 22 heavy (non-hydrogen) atoms. The van der Waals surface area contributed by atoms with Crippen LogP contribution >= 0.6 is 11.6 Å². The van der Waals surface area contributed by atoms with Crippen molar-refractivity contribution in [2.75, 3.05) is 24.3 Å².